The van der Waals surface area contributed by atoms with E-state index in [1.54, 1.807) is 7.11 Å². The summed E-state index contributed by atoms with van der Waals surface area (Å²) in [6.45, 7) is 9.75. The van der Waals surface area contributed by atoms with Crippen LogP contribution in [0.25, 0.3) is 0 Å². The molecule has 0 radical (unpaired) electrons. The number of aryl methyl sites for hydroxylation is 1. The lowest BCUT2D eigenvalue weighted by atomic mass is 9.70. The maximum atomic E-state index is 5.94. The highest BCUT2D eigenvalue weighted by atomic mass is 16.5. The monoisotopic (exact) mass is 291 g/mol. The van der Waals surface area contributed by atoms with Gasteiger partial charge in [0.25, 0.3) is 0 Å². The molecular formula is C17H29N3O. The Kier molecular flexibility index (Phi) is 4.87. The van der Waals surface area contributed by atoms with Crippen LogP contribution in [0.2, 0.25) is 0 Å². The summed E-state index contributed by atoms with van der Waals surface area (Å²) in [5, 5.41) is 3.31. The van der Waals surface area contributed by atoms with E-state index < -0.39 is 0 Å². The van der Waals surface area contributed by atoms with Crippen LogP contribution in [-0.4, -0.2) is 23.6 Å². The van der Waals surface area contributed by atoms with Gasteiger partial charge in [0.1, 0.15) is 11.4 Å². The van der Waals surface area contributed by atoms with Crippen molar-refractivity contribution in [1.82, 2.24) is 9.97 Å². The van der Waals surface area contributed by atoms with Crippen LogP contribution in [0.3, 0.4) is 0 Å². The van der Waals surface area contributed by atoms with E-state index >= 15 is 0 Å². The molecule has 0 spiro atoms. The van der Waals surface area contributed by atoms with Gasteiger partial charge in [0.15, 0.2) is 5.82 Å². The molecule has 0 saturated heterocycles. The summed E-state index contributed by atoms with van der Waals surface area (Å²) in [4.78, 5) is 9.51. The summed E-state index contributed by atoms with van der Waals surface area (Å²) in [5.41, 5.74) is 1.16. The molecule has 1 aliphatic rings. The van der Waals surface area contributed by atoms with Gasteiger partial charge in [-0.2, -0.15) is 0 Å². The molecule has 0 atom stereocenters. The highest BCUT2D eigenvalue weighted by Gasteiger charge is 2.42. The zero-order valence-corrected chi connectivity index (χ0v) is 14.1. The molecule has 1 saturated carbocycles. The van der Waals surface area contributed by atoms with Crippen LogP contribution in [0.4, 0.5) is 5.82 Å². The van der Waals surface area contributed by atoms with Crippen LogP contribution < -0.4 is 5.32 Å². The Morgan fingerprint density at radius 3 is 2.33 bits per heavy atom. The Morgan fingerprint density at radius 2 is 1.81 bits per heavy atom. The number of aromatic nitrogens is 2. The second-order valence-corrected chi connectivity index (χ2v) is 6.81. The number of anilines is 1. The minimum Gasteiger partial charge on any atom is -0.370 e. The van der Waals surface area contributed by atoms with Crippen LogP contribution in [0, 0.1) is 5.41 Å². The van der Waals surface area contributed by atoms with E-state index in [0.717, 1.165) is 56.0 Å². The number of ether oxygens (including phenoxy) is 1. The maximum absolute atomic E-state index is 5.94. The minimum absolute atomic E-state index is 0.315. The number of nitrogens with zero attached hydrogens (tertiary/aromatic N) is 2. The van der Waals surface area contributed by atoms with Crippen LogP contribution in [0.1, 0.15) is 64.9 Å². The van der Waals surface area contributed by atoms with Crippen molar-refractivity contribution in [2.24, 2.45) is 5.41 Å². The van der Waals surface area contributed by atoms with Crippen molar-refractivity contribution < 1.29 is 4.74 Å². The SMILES string of the molecule is CCNc1cc(CC)nc(C2(OC)CCC(C)(C)CC2)n1. The van der Waals surface area contributed by atoms with E-state index in [1.807, 2.05) is 6.07 Å². The summed E-state index contributed by atoms with van der Waals surface area (Å²) in [7, 11) is 1.80. The van der Waals surface area contributed by atoms with Gasteiger partial charge in [-0.05, 0) is 44.4 Å². The quantitative estimate of drug-likeness (QED) is 0.893. The first-order valence-corrected chi connectivity index (χ1v) is 8.12. The topological polar surface area (TPSA) is 47.0 Å². The second kappa shape index (κ2) is 6.30. The normalized spacial score (nSPS) is 20.2. The number of methoxy groups -OCH3 is 1. The number of hydrogen-bond acceptors (Lipinski definition) is 4. The summed E-state index contributed by atoms with van der Waals surface area (Å²) in [5.74, 6) is 1.77. The van der Waals surface area contributed by atoms with Crippen LogP contribution in [0.15, 0.2) is 6.07 Å². The van der Waals surface area contributed by atoms with Gasteiger partial charge in [-0.15, -0.1) is 0 Å². The predicted octanol–water partition coefficient (Wildman–Crippen LogP) is 3.91. The molecule has 1 heterocycles. The van der Waals surface area contributed by atoms with E-state index in [9.17, 15) is 0 Å². The fourth-order valence-electron chi connectivity index (χ4n) is 3.00. The number of nitrogens with one attached hydrogen (secondary N) is 1. The maximum Gasteiger partial charge on any atom is 0.162 e. The summed E-state index contributed by atoms with van der Waals surface area (Å²) >= 11 is 0. The fourth-order valence-corrected chi connectivity index (χ4v) is 3.00. The van der Waals surface area contributed by atoms with Crippen LogP contribution in [-0.2, 0) is 16.8 Å². The second-order valence-electron chi connectivity index (χ2n) is 6.81. The Morgan fingerprint density at radius 1 is 1.14 bits per heavy atom. The smallest absolute Gasteiger partial charge is 0.162 e. The molecule has 4 nitrogen and oxygen atoms in total. The number of rotatable bonds is 5. The summed E-state index contributed by atoms with van der Waals surface area (Å²) in [6.07, 6.45) is 5.21. The zero-order chi connectivity index (χ0) is 15.5. The number of hydrogen-bond donors (Lipinski definition) is 1. The lowest BCUT2D eigenvalue weighted by Crippen LogP contribution is -2.38. The molecule has 0 unspecified atom stereocenters. The lowest BCUT2D eigenvalue weighted by Gasteiger charge is -2.41. The molecule has 1 aromatic heterocycles. The van der Waals surface area contributed by atoms with Crippen molar-refractivity contribution in [3.8, 4) is 0 Å². The molecule has 2 rings (SSSR count). The molecule has 1 aromatic rings. The van der Waals surface area contributed by atoms with Crippen molar-refractivity contribution >= 4 is 5.82 Å². The van der Waals surface area contributed by atoms with Crippen molar-refractivity contribution in [2.45, 2.75) is 65.4 Å². The molecule has 4 heteroatoms. The summed E-state index contributed by atoms with van der Waals surface area (Å²) < 4.78 is 5.94. The molecular weight excluding hydrogens is 262 g/mol. The third kappa shape index (κ3) is 3.54. The van der Waals surface area contributed by atoms with Gasteiger partial charge in [-0.1, -0.05) is 20.8 Å². The van der Waals surface area contributed by atoms with E-state index in [-0.39, 0.29) is 5.60 Å². The van der Waals surface area contributed by atoms with Crippen LogP contribution >= 0.6 is 0 Å². The van der Waals surface area contributed by atoms with Gasteiger partial charge >= 0.3 is 0 Å². The molecule has 0 aromatic carbocycles. The molecule has 1 fully saturated rings. The van der Waals surface area contributed by atoms with Crippen molar-refractivity contribution in [2.75, 3.05) is 19.0 Å². The molecule has 1 aliphatic carbocycles. The average molecular weight is 291 g/mol. The van der Waals surface area contributed by atoms with E-state index in [4.69, 9.17) is 14.7 Å². The van der Waals surface area contributed by atoms with Gasteiger partial charge in [0, 0.05) is 25.4 Å². The van der Waals surface area contributed by atoms with Gasteiger partial charge in [-0.25, -0.2) is 9.97 Å². The third-order valence-corrected chi connectivity index (χ3v) is 4.71. The van der Waals surface area contributed by atoms with E-state index in [1.165, 1.54) is 0 Å². The van der Waals surface area contributed by atoms with Gasteiger partial charge in [-0.3, -0.25) is 0 Å². The Bertz CT molecular complexity index is 475. The van der Waals surface area contributed by atoms with Gasteiger partial charge in [0.2, 0.25) is 0 Å². The highest BCUT2D eigenvalue weighted by Crippen LogP contribution is 2.46. The molecule has 0 amide bonds. The Hall–Kier alpha value is -1.16. The average Bonchev–Trinajstić information content (AvgIpc) is 2.48. The molecule has 21 heavy (non-hydrogen) atoms. The molecule has 0 bridgehead atoms. The highest BCUT2D eigenvalue weighted by molar-refractivity contribution is 5.37. The molecule has 1 N–H and O–H groups in total. The largest absolute Gasteiger partial charge is 0.370 e. The van der Waals surface area contributed by atoms with Crippen molar-refractivity contribution in [1.29, 1.82) is 0 Å². The zero-order valence-electron chi connectivity index (χ0n) is 14.1. The van der Waals surface area contributed by atoms with Crippen molar-refractivity contribution in [3.63, 3.8) is 0 Å². The van der Waals surface area contributed by atoms with Crippen LogP contribution in [0.5, 0.6) is 0 Å². The van der Waals surface area contributed by atoms with E-state index in [0.29, 0.717) is 5.41 Å². The third-order valence-electron chi connectivity index (χ3n) is 4.71. The first-order valence-electron chi connectivity index (χ1n) is 8.12. The van der Waals surface area contributed by atoms with Gasteiger partial charge < -0.3 is 10.1 Å². The van der Waals surface area contributed by atoms with Crippen molar-refractivity contribution in [3.05, 3.63) is 17.6 Å². The van der Waals surface area contributed by atoms with Gasteiger partial charge in [0.05, 0.1) is 0 Å². The standard InChI is InChI=1S/C17H29N3O/c1-6-13-12-14(18-7-2)20-15(19-13)17(21-5)10-8-16(3,4)9-11-17/h12H,6-11H2,1-5H3,(H,18,19,20). The molecule has 0 aliphatic heterocycles. The first-order chi connectivity index (χ1) is 9.94. The summed E-state index contributed by atoms with van der Waals surface area (Å²) in [6, 6.07) is 2.04. The Balaban J connectivity index is 2.35. The predicted molar refractivity (Wildman–Crippen MR) is 86.5 cm³/mol. The minimum atomic E-state index is -0.315. The first kappa shape index (κ1) is 16.2. The van der Waals surface area contributed by atoms with E-state index in [2.05, 4.69) is 33.0 Å². The Labute approximate surface area is 128 Å². The lowest BCUT2D eigenvalue weighted by molar-refractivity contribution is -0.0729. The fraction of sp³-hybridized carbons (Fsp3) is 0.765. The molecule has 118 valence electrons.